The molecule has 0 radical (unpaired) electrons. The third-order valence-electron chi connectivity index (χ3n) is 8.90. The van der Waals surface area contributed by atoms with Crippen LogP contribution >= 0.6 is 0 Å². The smallest absolute Gasteiger partial charge is 0.255 e. The molecule has 3 aliphatic rings. The Labute approximate surface area is 252 Å². The summed E-state index contributed by atoms with van der Waals surface area (Å²) >= 11 is 0. The summed E-state index contributed by atoms with van der Waals surface area (Å²) in [6.45, 7) is 1.68. The number of amides is 2. The fraction of sp³-hybridized carbons (Fsp3) is 0.355. The molecule has 0 aromatic heterocycles. The minimum absolute atomic E-state index is 0.0379. The van der Waals surface area contributed by atoms with Gasteiger partial charge in [0.05, 0.1) is 35.9 Å². The number of nitrogens with one attached hydrogen (secondary N) is 2. The molecule has 13 heteroatoms. The van der Waals surface area contributed by atoms with E-state index in [1.165, 1.54) is 25.1 Å². The Hall–Kier alpha value is -4.72. The highest BCUT2D eigenvalue weighted by atomic mass is 16.4. The molecule has 0 fully saturated rings. The van der Waals surface area contributed by atoms with E-state index in [9.17, 15) is 44.7 Å². The highest BCUT2D eigenvalue weighted by molar-refractivity contribution is 6.25. The van der Waals surface area contributed by atoms with Crippen molar-refractivity contribution in [3.63, 3.8) is 0 Å². The first-order valence-corrected chi connectivity index (χ1v) is 14.0. The van der Waals surface area contributed by atoms with Gasteiger partial charge in [0.15, 0.2) is 11.4 Å². The maximum Gasteiger partial charge on any atom is 0.255 e. The van der Waals surface area contributed by atoms with Crippen LogP contribution in [-0.4, -0.2) is 92.2 Å². The molecule has 6 atom stereocenters. The number of phenols is 1. The molecule has 9 N–H and O–H groups in total. The SMILES string of the molecule is C[C@@H]1c2ccc(NCC(=O)NCc3ccccc3)c(O)c2C(=O)C2=C(O)[C@@]3(O)C(=O)C(C(N)=O)=C(O)[C@@H](N(C)C)[C@H]3[C@H](O)[C@H]21. The van der Waals surface area contributed by atoms with Crippen molar-refractivity contribution >= 4 is 29.1 Å². The fourth-order valence-electron chi connectivity index (χ4n) is 6.80. The first kappa shape index (κ1) is 30.7. The Morgan fingerprint density at radius 1 is 1.05 bits per heavy atom. The standard InChI is InChI=1S/C31H34N4O9/c1-13-15-9-10-16(33-12-17(36)34-11-14-7-5-4-6-8-14)24(37)19(15)25(38)20-18(13)26(39)22-23(35(2)3)27(40)21(30(32)43)29(42)31(22,44)28(20)41/h4-10,13,18,22-23,26,33,37,39-41,44H,11-12H2,1-3H3,(H2,32,43)(H,34,36)/t13-,18+,22+,23+,26-,31-/m1/s1. The molecule has 2 aromatic rings. The number of primary amides is 1. The zero-order valence-corrected chi connectivity index (χ0v) is 24.2. The number of nitrogens with two attached hydrogens (primary N) is 1. The number of benzene rings is 2. The van der Waals surface area contributed by atoms with Gasteiger partial charge in [0.25, 0.3) is 5.91 Å². The number of aliphatic hydroxyl groups excluding tert-OH is 3. The monoisotopic (exact) mass is 606 g/mol. The number of rotatable bonds is 7. The van der Waals surface area contributed by atoms with Gasteiger partial charge in [0.2, 0.25) is 11.7 Å². The van der Waals surface area contributed by atoms with Gasteiger partial charge in [-0.05, 0) is 37.2 Å². The lowest BCUT2D eigenvalue weighted by Crippen LogP contribution is -2.68. The van der Waals surface area contributed by atoms with Crippen LogP contribution in [0.15, 0.2) is 65.1 Å². The number of ketones is 2. The Balaban J connectivity index is 1.52. The lowest BCUT2D eigenvalue weighted by Gasteiger charge is -2.53. The van der Waals surface area contributed by atoms with Crippen molar-refractivity contribution in [1.82, 2.24) is 10.2 Å². The first-order chi connectivity index (χ1) is 20.7. The van der Waals surface area contributed by atoms with Gasteiger partial charge in [-0.3, -0.25) is 24.1 Å². The first-order valence-electron chi connectivity index (χ1n) is 14.0. The molecule has 3 aliphatic carbocycles. The van der Waals surface area contributed by atoms with Gasteiger partial charge in [0, 0.05) is 18.0 Å². The molecule has 0 aliphatic heterocycles. The second kappa shape index (κ2) is 11.1. The van der Waals surface area contributed by atoms with Gasteiger partial charge in [0.1, 0.15) is 22.8 Å². The van der Waals surface area contributed by atoms with E-state index in [0.29, 0.717) is 5.56 Å². The van der Waals surface area contributed by atoms with E-state index in [2.05, 4.69) is 10.6 Å². The van der Waals surface area contributed by atoms with Crippen LogP contribution in [0, 0.1) is 11.8 Å². The molecular weight excluding hydrogens is 572 g/mol. The summed E-state index contributed by atoms with van der Waals surface area (Å²) in [5.74, 6) is -10.1. The van der Waals surface area contributed by atoms with Crippen molar-refractivity contribution in [3.05, 3.63) is 81.8 Å². The molecule has 0 heterocycles. The second-order valence-electron chi connectivity index (χ2n) is 11.6. The largest absolute Gasteiger partial charge is 0.510 e. The van der Waals surface area contributed by atoms with E-state index in [-0.39, 0.29) is 30.2 Å². The maximum absolute atomic E-state index is 14.0. The van der Waals surface area contributed by atoms with Crippen molar-refractivity contribution in [2.24, 2.45) is 17.6 Å². The minimum atomic E-state index is -2.99. The Bertz CT molecular complexity index is 1630. The van der Waals surface area contributed by atoms with E-state index in [1.54, 1.807) is 13.0 Å². The molecule has 13 nitrogen and oxygen atoms in total. The van der Waals surface area contributed by atoms with E-state index < -0.39 is 81.4 Å². The molecular formula is C31H34N4O9. The lowest BCUT2D eigenvalue weighted by atomic mass is 9.55. The van der Waals surface area contributed by atoms with Crippen LogP contribution in [0.1, 0.15) is 34.3 Å². The van der Waals surface area contributed by atoms with Gasteiger partial charge < -0.3 is 41.9 Å². The zero-order chi connectivity index (χ0) is 32.2. The number of Topliss-reactive ketones (excluding diaryl/α,β-unsaturated/α-hetero) is 2. The summed E-state index contributed by atoms with van der Waals surface area (Å²) in [6, 6.07) is 10.9. The Morgan fingerprint density at radius 2 is 1.70 bits per heavy atom. The van der Waals surface area contributed by atoms with Gasteiger partial charge in [-0.1, -0.05) is 43.3 Å². The molecule has 0 spiro atoms. The van der Waals surface area contributed by atoms with Crippen molar-refractivity contribution in [1.29, 1.82) is 0 Å². The highest BCUT2D eigenvalue weighted by Crippen LogP contribution is 2.56. The van der Waals surface area contributed by atoms with E-state index in [1.807, 2.05) is 30.3 Å². The molecule has 0 unspecified atom stereocenters. The number of phenolic OH excluding ortho intramolecular Hbond substituents is 1. The van der Waals surface area contributed by atoms with E-state index in [4.69, 9.17) is 5.73 Å². The number of anilines is 1. The van der Waals surface area contributed by atoms with Gasteiger partial charge in [-0.15, -0.1) is 0 Å². The van der Waals surface area contributed by atoms with Crippen LogP contribution in [-0.2, 0) is 20.9 Å². The average molecular weight is 607 g/mol. The van der Waals surface area contributed by atoms with E-state index in [0.717, 1.165) is 5.56 Å². The molecule has 0 bridgehead atoms. The van der Waals surface area contributed by atoms with Crippen LogP contribution < -0.4 is 16.4 Å². The number of carbonyl (C=O) groups is 4. The van der Waals surface area contributed by atoms with Crippen molar-refractivity contribution in [2.45, 2.75) is 37.1 Å². The summed E-state index contributed by atoms with van der Waals surface area (Å²) in [5.41, 5.74) is 1.87. The maximum atomic E-state index is 14.0. The average Bonchev–Trinajstić information content (AvgIpc) is 2.97. The van der Waals surface area contributed by atoms with Crippen LogP contribution in [0.3, 0.4) is 0 Å². The molecule has 2 amide bonds. The quantitative estimate of drug-likeness (QED) is 0.159. The molecule has 0 saturated heterocycles. The molecule has 232 valence electrons. The van der Waals surface area contributed by atoms with Crippen molar-refractivity contribution < 1.29 is 44.7 Å². The van der Waals surface area contributed by atoms with Gasteiger partial charge in [-0.2, -0.15) is 0 Å². The summed E-state index contributed by atoms with van der Waals surface area (Å²) in [4.78, 5) is 53.4. The zero-order valence-electron chi connectivity index (χ0n) is 24.2. The number of aliphatic hydroxyl groups is 4. The predicted molar refractivity (Wildman–Crippen MR) is 157 cm³/mol. The second-order valence-corrected chi connectivity index (χ2v) is 11.6. The molecule has 44 heavy (non-hydrogen) atoms. The number of nitrogens with zero attached hydrogens (tertiary/aromatic N) is 1. The third-order valence-corrected chi connectivity index (χ3v) is 8.90. The van der Waals surface area contributed by atoms with E-state index >= 15 is 0 Å². The van der Waals surface area contributed by atoms with Gasteiger partial charge >= 0.3 is 0 Å². The predicted octanol–water partition coefficient (Wildman–Crippen LogP) is 0.381. The van der Waals surface area contributed by atoms with Crippen LogP contribution in [0.4, 0.5) is 5.69 Å². The summed E-state index contributed by atoms with van der Waals surface area (Å²) < 4.78 is 0. The van der Waals surface area contributed by atoms with Crippen LogP contribution in [0.5, 0.6) is 5.75 Å². The number of hydrogen-bond acceptors (Lipinski definition) is 11. The third kappa shape index (κ3) is 4.51. The Morgan fingerprint density at radius 3 is 2.32 bits per heavy atom. The minimum Gasteiger partial charge on any atom is -0.510 e. The highest BCUT2D eigenvalue weighted by Gasteiger charge is 2.67. The van der Waals surface area contributed by atoms with Crippen molar-refractivity contribution in [3.8, 4) is 5.75 Å². The van der Waals surface area contributed by atoms with Crippen LogP contribution in [0.25, 0.3) is 0 Å². The van der Waals surface area contributed by atoms with Crippen LogP contribution in [0.2, 0.25) is 0 Å². The van der Waals surface area contributed by atoms with Gasteiger partial charge in [-0.25, -0.2) is 0 Å². The number of carbonyl (C=O) groups excluding carboxylic acids is 4. The molecule has 5 rings (SSSR count). The summed E-state index contributed by atoms with van der Waals surface area (Å²) in [7, 11) is 2.94. The lowest BCUT2D eigenvalue weighted by molar-refractivity contribution is -0.162. The fourth-order valence-corrected chi connectivity index (χ4v) is 6.80. The normalized spacial score (nSPS) is 27.9. The summed E-state index contributed by atoms with van der Waals surface area (Å²) in [6.07, 6.45) is -1.68. The van der Waals surface area contributed by atoms with Crippen molar-refractivity contribution in [2.75, 3.05) is 26.0 Å². The molecule has 0 saturated carbocycles. The number of aromatic hydroxyl groups is 1. The molecule has 2 aromatic carbocycles. The number of fused-ring (bicyclic) bond motifs is 3. The topological polar surface area (TPSA) is 223 Å². The number of likely N-dealkylation sites (N-methyl/N-ethyl adjacent to an activating group) is 1. The Kier molecular flexibility index (Phi) is 7.74. The number of hydrogen-bond donors (Lipinski definition) is 8. The summed E-state index contributed by atoms with van der Waals surface area (Å²) in [5, 5.41) is 62.5.